The van der Waals surface area contributed by atoms with Crippen LogP contribution >= 0.6 is 0 Å². The number of carbonyl (C=O) groups excluding carboxylic acids is 1. The smallest absolute Gasteiger partial charge is 0.269 e. The minimum absolute atomic E-state index is 0.105. The molecule has 2 rings (SSSR count). The normalized spacial score (nSPS) is 16.0. The van der Waals surface area contributed by atoms with Crippen LogP contribution in [0.5, 0.6) is 0 Å². The molecule has 17 heavy (non-hydrogen) atoms. The second kappa shape index (κ2) is 4.52. The summed E-state index contributed by atoms with van der Waals surface area (Å²) in [5.41, 5.74) is 0.607. The number of aliphatic hydroxyl groups excluding tert-OH is 1. The molecule has 5 nitrogen and oxygen atoms in total. The summed E-state index contributed by atoms with van der Waals surface area (Å²) in [4.78, 5) is 15.6. The van der Waals surface area contributed by atoms with Crippen molar-refractivity contribution in [2.75, 3.05) is 13.2 Å². The molecule has 0 atom stereocenters. The molecule has 0 aromatic carbocycles. The minimum atomic E-state index is -0.269. The molecule has 2 N–H and O–H groups in total. The molecule has 1 aliphatic carbocycles. The SMILES string of the molecule is N#Cc1ccc(C(=O)NCC2(CO)CC2)nc1. The van der Waals surface area contributed by atoms with Gasteiger partial charge in [0.05, 0.1) is 12.2 Å². The molecule has 1 aliphatic rings. The number of nitriles is 1. The third kappa shape index (κ3) is 2.60. The van der Waals surface area contributed by atoms with Crippen LogP contribution in [0.3, 0.4) is 0 Å². The van der Waals surface area contributed by atoms with Gasteiger partial charge in [-0.2, -0.15) is 5.26 Å². The highest BCUT2D eigenvalue weighted by atomic mass is 16.3. The van der Waals surface area contributed by atoms with Crippen LogP contribution < -0.4 is 5.32 Å². The number of aliphatic hydroxyl groups is 1. The van der Waals surface area contributed by atoms with Gasteiger partial charge in [0.2, 0.25) is 0 Å². The van der Waals surface area contributed by atoms with E-state index in [0.29, 0.717) is 12.1 Å². The van der Waals surface area contributed by atoms with E-state index in [1.165, 1.54) is 12.3 Å². The standard InChI is InChI=1S/C12H13N3O2/c13-5-9-1-2-10(14-6-9)11(17)15-7-12(8-16)3-4-12/h1-2,6,16H,3-4,7-8H2,(H,15,17). The molecule has 0 saturated heterocycles. The van der Waals surface area contributed by atoms with E-state index in [1.807, 2.05) is 6.07 Å². The molecule has 0 radical (unpaired) electrons. The molecule has 5 heteroatoms. The second-order valence-electron chi connectivity index (χ2n) is 4.38. The van der Waals surface area contributed by atoms with Crippen molar-refractivity contribution in [2.45, 2.75) is 12.8 Å². The van der Waals surface area contributed by atoms with Crippen molar-refractivity contribution < 1.29 is 9.90 Å². The zero-order valence-electron chi connectivity index (χ0n) is 9.31. The Morgan fingerprint density at radius 1 is 1.59 bits per heavy atom. The molecule has 1 aromatic rings. The minimum Gasteiger partial charge on any atom is -0.396 e. The second-order valence-corrected chi connectivity index (χ2v) is 4.38. The van der Waals surface area contributed by atoms with Gasteiger partial charge in [0.25, 0.3) is 5.91 Å². The molecule has 88 valence electrons. The summed E-state index contributed by atoms with van der Waals surface area (Å²) in [6.45, 7) is 0.581. The largest absolute Gasteiger partial charge is 0.396 e. The maximum atomic E-state index is 11.7. The number of carbonyl (C=O) groups is 1. The van der Waals surface area contributed by atoms with E-state index >= 15 is 0 Å². The molecule has 0 spiro atoms. The summed E-state index contributed by atoms with van der Waals surface area (Å²) in [7, 11) is 0. The van der Waals surface area contributed by atoms with Gasteiger partial charge in [0.15, 0.2) is 0 Å². The van der Waals surface area contributed by atoms with Gasteiger partial charge in [0, 0.05) is 18.2 Å². The molecule has 1 amide bonds. The van der Waals surface area contributed by atoms with Crippen molar-refractivity contribution >= 4 is 5.91 Å². The fourth-order valence-corrected chi connectivity index (χ4v) is 1.52. The Kier molecular flexibility index (Phi) is 3.07. The summed E-state index contributed by atoms with van der Waals surface area (Å²) in [6, 6.07) is 5.02. The maximum absolute atomic E-state index is 11.7. The van der Waals surface area contributed by atoms with Crippen LogP contribution in [0.25, 0.3) is 0 Å². The highest BCUT2D eigenvalue weighted by molar-refractivity contribution is 5.92. The summed E-state index contributed by atoms with van der Waals surface area (Å²) >= 11 is 0. The van der Waals surface area contributed by atoms with Crippen LogP contribution in [0.4, 0.5) is 0 Å². The first-order chi connectivity index (χ1) is 8.19. The molecule has 0 aliphatic heterocycles. The Labute approximate surface area is 99.1 Å². The number of rotatable bonds is 4. The van der Waals surface area contributed by atoms with E-state index < -0.39 is 0 Å². The van der Waals surface area contributed by atoms with Gasteiger partial charge in [-0.25, -0.2) is 4.98 Å². The summed E-state index contributed by atoms with van der Waals surface area (Å²) in [6.07, 6.45) is 3.27. The van der Waals surface area contributed by atoms with Gasteiger partial charge in [-0.15, -0.1) is 0 Å². The Morgan fingerprint density at radius 2 is 2.35 bits per heavy atom. The van der Waals surface area contributed by atoms with Crippen LogP contribution in [-0.4, -0.2) is 29.1 Å². The molecular weight excluding hydrogens is 218 g/mol. The predicted octanol–water partition coefficient (Wildman–Crippen LogP) is 0.456. The third-order valence-corrected chi connectivity index (χ3v) is 3.04. The Balaban J connectivity index is 1.93. The quantitative estimate of drug-likeness (QED) is 0.788. The number of nitrogens with zero attached hydrogens (tertiary/aromatic N) is 2. The van der Waals surface area contributed by atoms with E-state index in [4.69, 9.17) is 10.4 Å². The molecule has 1 aromatic heterocycles. The highest BCUT2D eigenvalue weighted by Crippen LogP contribution is 2.44. The van der Waals surface area contributed by atoms with Gasteiger partial charge in [-0.3, -0.25) is 4.79 Å². The van der Waals surface area contributed by atoms with E-state index in [9.17, 15) is 4.79 Å². The third-order valence-electron chi connectivity index (χ3n) is 3.04. The van der Waals surface area contributed by atoms with Crippen LogP contribution in [0, 0.1) is 16.7 Å². The lowest BCUT2D eigenvalue weighted by Crippen LogP contribution is -2.32. The van der Waals surface area contributed by atoms with Crippen LogP contribution in [0.15, 0.2) is 18.3 Å². The van der Waals surface area contributed by atoms with Crippen molar-refractivity contribution in [3.8, 4) is 6.07 Å². The molecule has 0 bridgehead atoms. The molecule has 1 saturated carbocycles. The average Bonchev–Trinajstić information content (AvgIpc) is 3.17. The van der Waals surface area contributed by atoms with Crippen molar-refractivity contribution in [1.29, 1.82) is 5.26 Å². The van der Waals surface area contributed by atoms with Crippen molar-refractivity contribution in [3.05, 3.63) is 29.6 Å². The lowest BCUT2D eigenvalue weighted by Gasteiger charge is -2.12. The first-order valence-corrected chi connectivity index (χ1v) is 5.44. The number of hydrogen-bond donors (Lipinski definition) is 2. The maximum Gasteiger partial charge on any atom is 0.269 e. The fourth-order valence-electron chi connectivity index (χ4n) is 1.52. The van der Waals surface area contributed by atoms with Gasteiger partial charge in [-0.1, -0.05) is 0 Å². The lowest BCUT2D eigenvalue weighted by molar-refractivity contribution is 0.0930. The topological polar surface area (TPSA) is 86.0 Å². The molecule has 1 fully saturated rings. The van der Waals surface area contributed by atoms with Crippen LogP contribution in [0.2, 0.25) is 0 Å². The Hall–Kier alpha value is -1.93. The highest BCUT2D eigenvalue weighted by Gasteiger charge is 2.42. The number of amides is 1. The predicted molar refractivity (Wildman–Crippen MR) is 60.0 cm³/mol. The van der Waals surface area contributed by atoms with Crippen LogP contribution in [0.1, 0.15) is 28.9 Å². The zero-order chi connectivity index (χ0) is 12.3. The molecule has 1 heterocycles. The lowest BCUT2D eigenvalue weighted by atomic mass is 10.1. The van der Waals surface area contributed by atoms with E-state index in [2.05, 4.69) is 10.3 Å². The summed E-state index contributed by atoms with van der Waals surface area (Å²) in [5, 5.41) is 20.5. The van der Waals surface area contributed by atoms with Gasteiger partial charge >= 0.3 is 0 Å². The first kappa shape index (κ1) is 11.6. The Morgan fingerprint density at radius 3 is 2.82 bits per heavy atom. The summed E-state index contributed by atoms with van der Waals surface area (Å²) < 4.78 is 0. The average molecular weight is 231 g/mol. The van der Waals surface area contributed by atoms with Crippen molar-refractivity contribution in [2.24, 2.45) is 5.41 Å². The molecule has 0 unspecified atom stereocenters. The molecular formula is C12H13N3O2. The monoisotopic (exact) mass is 231 g/mol. The number of pyridine rings is 1. The first-order valence-electron chi connectivity index (χ1n) is 5.44. The van der Waals surface area contributed by atoms with E-state index in [1.54, 1.807) is 6.07 Å². The Bertz CT molecular complexity index is 458. The summed E-state index contributed by atoms with van der Waals surface area (Å²) in [5.74, 6) is -0.269. The van der Waals surface area contributed by atoms with Gasteiger partial charge in [-0.05, 0) is 25.0 Å². The van der Waals surface area contributed by atoms with Gasteiger partial charge < -0.3 is 10.4 Å². The van der Waals surface area contributed by atoms with Crippen molar-refractivity contribution in [3.63, 3.8) is 0 Å². The van der Waals surface area contributed by atoms with Gasteiger partial charge in [0.1, 0.15) is 11.8 Å². The van der Waals surface area contributed by atoms with E-state index in [0.717, 1.165) is 12.8 Å². The number of hydrogen-bond acceptors (Lipinski definition) is 4. The van der Waals surface area contributed by atoms with Crippen molar-refractivity contribution in [1.82, 2.24) is 10.3 Å². The van der Waals surface area contributed by atoms with Crippen LogP contribution in [-0.2, 0) is 0 Å². The number of aromatic nitrogens is 1. The van der Waals surface area contributed by atoms with E-state index in [-0.39, 0.29) is 23.6 Å². The zero-order valence-corrected chi connectivity index (χ0v) is 9.31. The fraction of sp³-hybridized carbons (Fsp3) is 0.417. The number of nitrogens with one attached hydrogen (secondary N) is 1.